The second-order valence-electron chi connectivity index (χ2n) is 5.81. The highest BCUT2D eigenvalue weighted by molar-refractivity contribution is 5.59. The summed E-state index contributed by atoms with van der Waals surface area (Å²) in [6, 6.07) is 7.49. The molecule has 3 rings (SSSR count). The average molecular weight is 324 g/mol. The lowest BCUT2D eigenvalue weighted by molar-refractivity contribution is 0.143. The number of benzene rings is 1. The van der Waals surface area contributed by atoms with Crippen LogP contribution in [0.4, 0.5) is 0 Å². The van der Waals surface area contributed by atoms with Crippen molar-refractivity contribution in [2.45, 2.75) is 26.0 Å². The summed E-state index contributed by atoms with van der Waals surface area (Å²) in [5.74, 6) is 6.16. The number of nitrogens with one attached hydrogen (secondary N) is 2. The fraction of sp³-hybridized carbons (Fsp3) is 0.250. The summed E-state index contributed by atoms with van der Waals surface area (Å²) in [7, 11) is 0. The molecule has 1 aromatic carbocycles. The summed E-state index contributed by atoms with van der Waals surface area (Å²) < 4.78 is 1.59. The van der Waals surface area contributed by atoms with Gasteiger partial charge in [0.2, 0.25) is 0 Å². The summed E-state index contributed by atoms with van der Waals surface area (Å²) >= 11 is 0. The van der Waals surface area contributed by atoms with E-state index in [1.54, 1.807) is 24.7 Å². The first-order valence-electron chi connectivity index (χ1n) is 7.29. The largest absolute Gasteiger partial charge is 0.378 e. The maximum Gasteiger partial charge on any atom is 0.340 e. The lowest BCUT2D eigenvalue weighted by Gasteiger charge is -2.05. The average Bonchev–Trinajstić information content (AvgIpc) is 3.15. The van der Waals surface area contributed by atoms with Crippen LogP contribution in [-0.4, -0.2) is 40.9 Å². The van der Waals surface area contributed by atoms with E-state index in [2.05, 4.69) is 37.3 Å². The second kappa shape index (κ2) is 6.14. The molecule has 0 bridgehead atoms. The summed E-state index contributed by atoms with van der Waals surface area (Å²) in [5, 5.41) is 23.9. The van der Waals surface area contributed by atoms with Gasteiger partial charge in [0.25, 0.3) is 0 Å². The second-order valence-corrected chi connectivity index (χ2v) is 5.81. The van der Waals surface area contributed by atoms with Gasteiger partial charge < -0.3 is 5.11 Å². The SMILES string of the molecule is CC(C)(O)C#Cc1ccc(-c2cn(Cc3n[nH]c(=O)[nH]3)nn2)cc1. The maximum atomic E-state index is 11.0. The van der Waals surface area contributed by atoms with Gasteiger partial charge in [-0.1, -0.05) is 29.2 Å². The van der Waals surface area contributed by atoms with Crippen molar-refractivity contribution < 1.29 is 5.11 Å². The molecule has 0 spiro atoms. The molecule has 0 saturated heterocycles. The molecule has 0 unspecified atom stereocenters. The number of aromatic nitrogens is 6. The van der Waals surface area contributed by atoms with Crippen molar-refractivity contribution in [3.63, 3.8) is 0 Å². The molecule has 0 saturated carbocycles. The van der Waals surface area contributed by atoms with Crippen LogP contribution in [0.25, 0.3) is 11.3 Å². The molecular formula is C16H16N6O2. The van der Waals surface area contributed by atoms with E-state index in [9.17, 15) is 9.90 Å². The molecule has 0 amide bonds. The maximum absolute atomic E-state index is 11.0. The predicted molar refractivity (Wildman–Crippen MR) is 86.9 cm³/mol. The Hall–Kier alpha value is -3.18. The van der Waals surface area contributed by atoms with E-state index in [1.165, 1.54) is 0 Å². The van der Waals surface area contributed by atoms with Crippen molar-refractivity contribution in [3.8, 4) is 23.1 Å². The minimum atomic E-state index is -1.02. The Labute approximate surface area is 137 Å². The molecule has 24 heavy (non-hydrogen) atoms. The van der Waals surface area contributed by atoms with Crippen LogP contribution in [0.2, 0.25) is 0 Å². The highest BCUT2D eigenvalue weighted by atomic mass is 16.3. The normalized spacial score (nSPS) is 11.1. The first-order chi connectivity index (χ1) is 11.4. The van der Waals surface area contributed by atoms with Crippen molar-refractivity contribution in [2.75, 3.05) is 0 Å². The van der Waals surface area contributed by atoms with Gasteiger partial charge in [0.15, 0.2) is 5.82 Å². The molecule has 8 heteroatoms. The third-order valence-electron chi connectivity index (χ3n) is 3.09. The fourth-order valence-electron chi connectivity index (χ4n) is 1.99. The fourth-order valence-corrected chi connectivity index (χ4v) is 1.99. The van der Waals surface area contributed by atoms with Gasteiger partial charge in [0.1, 0.15) is 17.8 Å². The third kappa shape index (κ3) is 3.97. The lowest BCUT2D eigenvalue weighted by Crippen LogP contribution is -2.14. The van der Waals surface area contributed by atoms with Crippen LogP contribution in [0, 0.1) is 11.8 Å². The van der Waals surface area contributed by atoms with Crippen molar-refractivity contribution in [2.24, 2.45) is 0 Å². The third-order valence-corrected chi connectivity index (χ3v) is 3.09. The number of aromatic amines is 2. The smallest absolute Gasteiger partial charge is 0.340 e. The Bertz CT molecular complexity index is 947. The van der Waals surface area contributed by atoms with E-state index in [4.69, 9.17) is 0 Å². The zero-order valence-electron chi connectivity index (χ0n) is 13.2. The zero-order chi connectivity index (χ0) is 17.2. The van der Waals surface area contributed by atoms with E-state index in [-0.39, 0.29) is 5.69 Å². The van der Waals surface area contributed by atoms with E-state index >= 15 is 0 Å². The van der Waals surface area contributed by atoms with E-state index in [0.29, 0.717) is 18.1 Å². The summed E-state index contributed by atoms with van der Waals surface area (Å²) in [5.41, 5.74) is 1.03. The van der Waals surface area contributed by atoms with Gasteiger partial charge in [0.05, 0.1) is 6.20 Å². The molecule has 3 aromatic rings. The highest BCUT2D eigenvalue weighted by Gasteiger charge is 2.07. The van der Waals surface area contributed by atoms with Gasteiger partial charge in [-0.2, -0.15) is 5.10 Å². The first-order valence-corrected chi connectivity index (χ1v) is 7.29. The molecule has 0 aliphatic heterocycles. The number of hydrogen-bond donors (Lipinski definition) is 3. The molecule has 3 N–H and O–H groups in total. The minimum absolute atomic E-state index is 0.320. The number of rotatable bonds is 3. The molecule has 0 aliphatic carbocycles. The highest BCUT2D eigenvalue weighted by Crippen LogP contribution is 2.16. The van der Waals surface area contributed by atoms with Gasteiger partial charge in [-0.05, 0) is 26.0 Å². The molecule has 0 fully saturated rings. The van der Waals surface area contributed by atoms with Crippen molar-refractivity contribution >= 4 is 0 Å². The molecule has 0 radical (unpaired) electrons. The summed E-state index contributed by atoms with van der Waals surface area (Å²) in [4.78, 5) is 13.6. The van der Waals surface area contributed by atoms with Gasteiger partial charge in [-0.25, -0.2) is 14.6 Å². The van der Waals surface area contributed by atoms with Crippen molar-refractivity contribution in [3.05, 3.63) is 52.3 Å². The standard InChI is InChI=1S/C16H16N6O2/c1-16(2,24)8-7-11-3-5-12(6-4-11)13-9-22(21-18-13)10-14-17-15(23)20-19-14/h3-6,9,24H,10H2,1-2H3,(H2,17,19,20,23). The molecule has 122 valence electrons. The Morgan fingerprint density at radius 3 is 2.67 bits per heavy atom. The topological polar surface area (TPSA) is 112 Å². The van der Waals surface area contributed by atoms with Crippen LogP contribution in [0.15, 0.2) is 35.3 Å². The quantitative estimate of drug-likeness (QED) is 0.608. The lowest BCUT2D eigenvalue weighted by atomic mass is 10.1. The van der Waals surface area contributed by atoms with E-state index < -0.39 is 5.60 Å². The summed E-state index contributed by atoms with van der Waals surface area (Å²) in [6.45, 7) is 3.60. The van der Waals surface area contributed by atoms with Gasteiger partial charge in [-0.3, -0.25) is 4.98 Å². The first kappa shape index (κ1) is 15.7. The zero-order valence-corrected chi connectivity index (χ0v) is 13.2. The number of nitrogens with zero attached hydrogens (tertiary/aromatic N) is 4. The van der Waals surface area contributed by atoms with Gasteiger partial charge >= 0.3 is 5.69 Å². The van der Waals surface area contributed by atoms with Crippen LogP contribution < -0.4 is 5.69 Å². The molecule has 0 atom stereocenters. The van der Waals surface area contributed by atoms with Gasteiger partial charge in [-0.15, -0.1) is 5.10 Å². The van der Waals surface area contributed by atoms with E-state index in [1.807, 2.05) is 24.3 Å². The van der Waals surface area contributed by atoms with Crippen LogP contribution in [0.3, 0.4) is 0 Å². The molecule has 8 nitrogen and oxygen atoms in total. The monoisotopic (exact) mass is 324 g/mol. The molecule has 2 aromatic heterocycles. The number of hydrogen-bond acceptors (Lipinski definition) is 5. The predicted octanol–water partition coefficient (Wildman–Crippen LogP) is 0.527. The molecule has 0 aliphatic rings. The van der Waals surface area contributed by atoms with Crippen molar-refractivity contribution in [1.82, 2.24) is 30.2 Å². The van der Waals surface area contributed by atoms with Crippen LogP contribution in [-0.2, 0) is 6.54 Å². The molecular weight excluding hydrogens is 308 g/mol. The number of H-pyrrole nitrogens is 2. The summed E-state index contributed by atoms with van der Waals surface area (Å²) in [6.07, 6.45) is 1.77. The molecule has 2 heterocycles. The number of aliphatic hydroxyl groups is 1. The Morgan fingerprint density at radius 1 is 1.29 bits per heavy atom. The van der Waals surface area contributed by atoms with Crippen LogP contribution in [0.5, 0.6) is 0 Å². The Morgan fingerprint density at radius 2 is 2.04 bits per heavy atom. The Balaban J connectivity index is 1.75. The van der Waals surface area contributed by atoms with Crippen molar-refractivity contribution in [1.29, 1.82) is 0 Å². The van der Waals surface area contributed by atoms with E-state index in [0.717, 1.165) is 11.1 Å². The van der Waals surface area contributed by atoms with Crippen LogP contribution >= 0.6 is 0 Å². The van der Waals surface area contributed by atoms with Gasteiger partial charge in [0, 0.05) is 11.1 Å². The minimum Gasteiger partial charge on any atom is -0.378 e. The Kier molecular flexibility index (Phi) is 4.02. The van der Waals surface area contributed by atoms with Crippen LogP contribution in [0.1, 0.15) is 25.2 Å².